The van der Waals surface area contributed by atoms with Crippen LogP contribution in [0.25, 0.3) is 11.1 Å². The monoisotopic (exact) mass is 373 g/mol. The maximum atomic E-state index is 12.0. The molecule has 0 aliphatic heterocycles. The molecule has 26 heavy (non-hydrogen) atoms. The fourth-order valence-corrected chi connectivity index (χ4v) is 2.86. The molecule has 0 fully saturated rings. The van der Waals surface area contributed by atoms with Gasteiger partial charge in [0.05, 0.1) is 7.11 Å². The first kappa shape index (κ1) is 19.8. The van der Waals surface area contributed by atoms with Gasteiger partial charge in [-0.15, -0.1) is 0 Å². The number of benzene rings is 2. The van der Waals surface area contributed by atoms with Crippen LogP contribution in [-0.2, 0) is 14.3 Å². The second kappa shape index (κ2) is 10.5. The van der Waals surface area contributed by atoms with Crippen LogP contribution in [0.2, 0.25) is 0 Å². The van der Waals surface area contributed by atoms with E-state index in [1.165, 1.54) is 7.11 Å². The van der Waals surface area contributed by atoms with E-state index in [-0.39, 0.29) is 12.5 Å². The molecule has 0 heterocycles. The van der Waals surface area contributed by atoms with Gasteiger partial charge in [-0.3, -0.25) is 4.79 Å². The van der Waals surface area contributed by atoms with Crippen molar-refractivity contribution in [1.82, 2.24) is 5.32 Å². The standard InChI is InChI=1S/C20H23NO4S/c1-24-20(23)18(12-13-26-2)21-19(22)14-25-17-10-8-16(9-11-17)15-6-4-3-5-7-15/h3-11,18H,12-14H2,1-2H3,(H,21,22)/t18-/m0/s1. The minimum absolute atomic E-state index is 0.155. The molecule has 0 spiro atoms. The van der Waals surface area contributed by atoms with E-state index in [0.717, 1.165) is 16.9 Å². The predicted octanol–water partition coefficient (Wildman–Crippen LogP) is 3.14. The van der Waals surface area contributed by atoms with Gasteiger partial charge in [0.1, 0.15) is 11.8 Å². The third-order valence-electron chi connectivity index (χ3n) is 3.76. The van der Waals surface area contributed by atoms with Crippen LogP contribution in [0.5, 0.6) is 5.75 Å². The number of hydrogen-bond donors (Lipinski definition) is 1. The molecule has 138 valence electrons. The summed E-state index contributed by atoms with van der Waals surface area (Å²) in [5, 5.41) is 2.66. The molecule has 0 bridgehead atoms. The number of rotatable bonds is 9. The normalized spacial score (nSPS) is 11.5. The van der Waals surface area contributed by atoms with Crippen LogP contribution in [0, 0.1) is 0 Å². The number of carbonyl (C=O) groups is 2. The van der Waals surface area contributed by atoms with Crippen LogP contribution < -0.4 is 10.1 Å². The van der Waals surface area contributed by atoms with E-state index in [4.69, 9.17) is 9.47 Å². The van der Waals surface area contributed by atoms with Gasteiger partial charge < -0.3 is 14.8 Å². The number of nitrogens with one attached hydrogen (secondary N) is 1. The van der Waals surface area contributed by atoms with Crippen molar-refractivity contribution < 1.29 is 19.1 Å². The van der Waals surface area contributed by atoms with Crippen molar-refractivity contribution >= 4 is 23.6 Å². The number of thioether (sulfide) groups is 1. The van der Waals surface area contributed by atoms with E-state index in [1.807, 2.05) is 60.9 Å². The molecule has 5 nitrogen and oxygen atoms in total. The summed E-state index contributed by atoms with van der Waals surface area (Å²) in [6, 6.07) is 16.9. The van der Waals surface area contributed by atoms with Gasteiger partial charge in [0.25, 0.3) is 5.91 Å². The quantitative estimate of drug-likeness (QED) is 0.684. The molecule has 0 radical (unpaired) electrons. The lowest BCUT2D eigenvalue weighted by Gasteiger charge is -2.16. The largest absolute Gasteiger partial charge is 0.484 e. The van der Waals surface area contributed by atoms with E-state index in [9.17, 15) is 9.59 Å². The second-order valence-corrected chi connectivity index (χ2v) is 6.59. The lowest BCUT2D eigenvalue weighted by Crippen LogP contribution is -2.43. The zero-order chi connectivity index (χ0) is 18.8. The van der Waals surface area contributed by atoms with Crippen molar-refractivity contribution in [3.8, 4) is 16.9 Å². The molecule has 2 aromatic carbocycles. The summed E-state index contributed by atoms with van der Waals surface area (Å²) in [6.45, 7) is -0.155. The summed E-state index contributed by atoms with van der Waals surface area (Å²) < 4.78 is 10.2. The SMILES string of the molecule is COC(=O)[C@H](CCSC)NC(=O)COc1ccc(-c2ccccc2)cc1. The summed E-state index contributed by atoms with van der Waals surface area (Å²) in [5.41, 5.74) is 2.19. The van der Waals surface area contributed by atoms with Crippen LogP contribution >= 0.6 is 11.8 Å². The van der Waals surface area contributed by atoms with Gasteiger partial charge in [-0.25, -0.2) is 4.79 Å². The van der Waals surface area contributed by atoms with E-state index in [0.29, 0.717) is 12.2 Å². The zero-order valence-corrected chi connectivity index (χ0v) is 15.8. The van der Waals surface area contributed by atoms with Gasteiger partial charge in [0.2, 0.25) is 0 Å². The fraction of sp³-hybridized carbons (Fsp3) is 0.300. The van der Waals surface area contributed by atoms with Gasteiger partial charge in [-0.2, -0.15) is 11.8 Å². The lowest BCUT2D eigenvalue weighted by atomic mass is 10.1. The second-order valence-electron chi connectivity index (χ2n) is 5.60. The van der Waals surface area contributed by atoms with Gasteiger partial charge in [0.15, 0.2) is 6.61 Å². The number of methoxy groups -OCH3 is 1. The molecule has 6 heteroatoms. The van der Waals surface area contributed by atoms with Gasteiger partial charge in [-0.1, -0.05) is 42.5 Å². The molecule has 0 aliphatic rings. The number of esters is 1. The Bertz CT molecular complexity index is 704. The molecular weight excluding hydrogens is 350 g/mol. The van der Waals surface area contributed by atoms with Crippen LogP contribution in [0.1, 0.15) is 6.42 Å². The first-order valence-corrected chi connectivity index (χ1v) is 9.68. The Morgan fingerprint density at radius 1 is 1.04 bits per heavy atom. The van der Waals surface area contributed by atoms with Crippen molar-refractivity contribution in [2.24, 2.45) is 0 Å². The van der Waals surface area contributed by atoms with Crippen LogP contribution in [0.15, 0.2) is 54.6 Å². The van der Waals surface area contributed by atoms with Crippen molar-refractivity contribution in [3.05, 3.63) is 54.6 Å². The molecule has 2 rings (SSSR count). The highest BCUT2D eigenvalue weighted by Gasteiger charge is 2.21. The summed E-state index contributed by atoms with van der Waals surface area (Å²) in [4.78, 5) is 23.8. The Balaban J connectivity index is 1.87. The molecule has 0 aliphatic carbocycles. The lowest BCUT2D eigenvalue weighted by molar-refractivity contribution is -0.145. The zero-order valence-electron chi connectivity index (χ0n) is 14.9. The Kier molecular flexibility index (Phi) is 8.02. The molecule has 1 N–H and O–H groups in total. The van der Waals surface area contributed by atoms with Crippen molar-refractivity contribution in [1.29, 1.82) is 0 Å². The number of amides is 1. The molecule has 0 saturated carbocycles. The first-order valence-electron chi connectivity index (χ1n) is 8.28. The Morgan fingerprint density at radius 2 is 1.69 bits per heavy atom. The van der Waals surface area contributed by atoms with Crippen LogP contribution in [-0.4, -0.2) is 43.6 Å². The highest BCUT2D eigenvalue weighted by molar-refractivity contribution is 7.98. The maximum absolute atomic E-state index is 12.0. The summed E-state index contributed by atoms with van der Waals surface area (Å²) in [7, 11) is 1.31. The molecule has 0 unspecified atom stereocenters. The minimum Gasteiger partial charge on any atom is -0.484 e. The van der Waals surface area contributed by atoms with E-state index >= 15 is 0 Å². The average molecular weight is 373 g/mol. The third kappa shape index (κ3) is 6.11. The average Bonchev–Trinajstić information content (AvgIpc) is 2.70. The molecule has 1 amide bonds. The van der Waals surface area contributed by atoms with Crippen LogP contribution in [0.4, 0.5) is 0 Å². The Labute approximate surface area is 158 Å². The molecular formula is C20H23NO4S. The minimum atomic E-state index is -0.649. The number of ether oxygens (including phenoxy) is 2. The van der Waals surface area contributed by atoms with Crippen molar-refractivity contribution in [2.45, 2.75) is 12.5 Å². The first-order chi connectivity index (χ1) is 12.6. The van der Waals surface area contributed by atoms with Crippen molar-refractivity contribution in [2.75, 3.05) is 25.7 Å². The summed E-state index contributed by atoms with van der Waals surface area (Å²) in [5.74, 6) is 0.550. The summed E-state index contributed by atoms with van der Waals surface area (Å²) >= 11 is 1.60. The van der Waals surface area contributed by atoms with E-state index in [1.54, 1.807) is 11.8 Å². The van der Waals surface area contributed by atoms with Crippen molar-refractivity contribution in [3.63, 3.8) is 0 Å². The highest BCUT2D eigenvalue weighted by atomic mass is 32.2. The third-order valence-corrected chi connectivity index (χ3v) is 4.41. The summed E-state index contributed by atoms with van der Waals surface area (Å²) in [6.07, 6.45) is 2.46. The van der Waals surface area contributed by atoms with Gasteiger partial charge in [-0.05, 0) is 41.7 Å². The topological polar surface area (TPSA) is 64.6 Å². The Hall–Kier alpha value is -2.47. The molecule has 0 aromatic heterocycles. The molecule has 0 saturated heterocycles. The number of hydrogen-bond acceptors (Lipinski definition) is 5. The fourth-order valence-electron chi connectivity index (χ4n) is 2.39. The van der Waals surface area contributed by atoms with Gasteiger partial charge >= 0.3 is 5.97 Å². The number of carbonyl (C=O) groups excluding carboxylic acids is 2. The Morgan fingerprint density at radius 3 is 2.31 bits per heavy atom. The predicted molar refractivity (Wildman–Crippen MR) is 104 cm³/mol. The molecule has 2 aromatic rings. The van der Waals surface area contributed by atoms with E-state index < -0.39 is 12.0 Å². The van der Waals surface area contributed by atoms with Gasteiger partial charge in [0, 0.05) is 0 Å². The van der Waals surface area contributed by atoms with E-state index in [2.05, 4.69) is 5.32 Å². The molecule has 1 atom stereocenters. The van der Waals surface area contributed by atoms with Crippen LogP contribution in [0.3, 0.4) is 0 Å². The highest BCUT2D eigenvalue weighted by Crippen LogP contribution is 2.21. The maximum Gasteiger partial charge on any atom is 0.328 e. The smallest absolute Gasteiger partial charge is 0.328 e.